The highest BCUT2D eigenvalue weighted by Crippen LogP contribution is 2.30. The lowest BCUT2D eigenvalue weighted by molar-refractivity contribution is -0.201. The summed E-state index contributed by atoms with van der Waals surface area (Å²) < 4.78 is 41.4. The van der Waals surface area contributed by atoms with Gasteiger partial charge in [-0.3, -0.25) is 18.3 Å². The Kier molecular flexibility index (Phi) is 36.2. The molecule has 3 N–H and O–H groups in total. The molecule has 0 spiro atoms. The van der Waals surface area contributed by atoms with Gasteiger partial charge in [-0.15, -0.1) is 0 Å². The molecule has 0 aliphatic carbocycles. The summed E-state index contributed by atoms with van der Waals surface area (Å²) in [5.41, 5.74) is 3.99. The highest BCUT2D eigenvalue weighted by molar-refractivity contribution is 7.80. The second-order valence-corrected chi connectivity index (χ2v) is 16.3. The number of carbonyl (C=O) groups excluding carboxylic acids is 2. The molecule has 0 aromatic heterocycles. The second-order valence-electron chi connectivity index (χ2n) is 15.2. The second kappa shape index (κ2) is 35.9. The van der Waals surface area contributed by atoms with Gasteiger partial charge in [0.05, 0.1) is 7.11 Å². The number of hydrogen-bond acceptors (Lipinski definition) is 8. The third kappa shape index (κ3) is 35.7. The number of rotatable bonds is 35. The quantitative estimate of drug-likeness (QED) is 0.0278. The van der Waals surface area contributed by atoms with E-state index in [-0.39, 0.29) is 18.5 Å². The number of esters is 2. The Morgan fingerprint density at radius 2 is 0.830 bits per heavy atom. The largest absolute Gasteiger partial charge is 0.455 e. The minimum absolute atomic E-state index is 0.0960. The molecule has 0 aliphatic rings. The van der Waals surface area contributed by atoms with E-state index in [1.807, 2.05) is 0 Å². The van der Waals surface area contributed by atoms with Crippen molar-refractivity contribution in [2.24, 2.45) is 5.73 Å². The molecule has 0 aliphatic heterocycles. The summed E-state index contributed by atoms with van der Waals surface area (Å²) in [4.78, 5) is 25.3. The van der Waals surface area contributed by atoms with Crippen molar-refractivity contribution < 1.29 is 36.2 Å². The van der Waals surface area contributed by atoms with Crippen molar-refractivity contribution in [2.75, 3.05) is 13.7 Å². The van der Waals surface area contributed by atoms with Crippen LogP contribution in [0.15, 0.2) is 24.3 Å². The van der Waals surface area contributed by atoms with Gasteiger partial charge in [-0.25, -0.2) is 0 Å². The fourth-order valence-electron chi connectivity index (χ4n) is 5.84. The molecular formula is C43H83NO8S. The summed E-state index contributed by atoms with van der Waals surface area (Å²) >= 11 is 0. The average Bonchev–Trinajstić information content (AvgIpc) is 3.11. The van der Waals surface area contributed by atoms with Crippen molar-refractivity contribution in [3.63, 3.8) is 0 Å². The summed E-state index contributed by atoms with van der Waals surface area (Å²) in [6.45, 7) is 10.00. The van der Waals surface area contributed by atoms with E-state index >= 15 is 0 Å². The third-order valence-corrected chi connectivity index (χ3v) is 10.3. The van der Waals surface area contributed by atoms with Crippen molar-refractivity contribution in [1.82, 2.24) is 0 Å². The van der Waals surface area contributed by atoms with Gasteiger partial charge in [0, 0.05) is 19.4 Å². The Bertz CT molecular complexity index is 1030. The minimum Gasteiger partial charge on any atom is -0.455 e. The number of nitrogens with two attached hydrogens (primary N) is 1. The first-order valence-corrected chi connectivity index (χ1v) is 22.6. The van der Waals surface area contributed by atoms with Crippen molar-refractivity contribution in [3.05, 3.63) is 24.3 Å². The van der Waals surface area contributed by atoms with Crippen LogP contribution >= 0.6 is 0 Å². The maximum absolute atomic E-state index is 12.7. The molecule has 10 heteroatoms. The standard InChI is InChI=1S/C42H79NO4.CH4O4S/c1-6-8-10-12-14-16-18-20-22-24-26-28-30-32-34-36-39(44)46-41(3,4)42(5,38-43)47-40(45)37-35-33-31-29-27-25-23-21-19-17-15-13-11-9-7-2;1-5-6(2,3)4/h20-23H,6-19,24-38,43H2,1-5H3;1H3,(H,2,3,4). The Labute approximate surface area is 327 Å². The molecule has 0 fully saturated rings. The molecule has 314 valence electrons. The average molecular weight is 774 g/mol. The molecule has 0 heterocycles. The first-order chi connectivity index (χ1) is 25.3. The molecule has 0 rings (SSSR count). The minimum atomic E-state index is -4.16. The van der Waals surface area contributed by atoms with Gasteiger partial charge in [0.1, 0.15) is 5.60 Å². The molecule has 9 nitrogen and oxygen atoms in total. The first kappa shape index (κ1) is 53.4. The summed E-state index contributed by atoms with van der Waals surface area (Å²) in [5.74, 6) is -0.516. The zero-order valence-electron chi connectivity index (χ0n) is 35.1. The van der Waals surface area contributed by atoms with Gasteiger partial charge in [-0.05, 0) is 85.0 Å². The Morgan fingerprint density at radius 1 is 0.547 bits per heavy atom. The Morgan fingerprint density at radius 3 is 1.13 bits per heavy atom. The van der Waals surface area contributed by atoms with Crippen LogP contribution in [0.3, 0.4) is 0 Å². The van der Waals surface area contributed by atoms with Crippen LogP contribution in [-0.2, 0) is 33.6 Å². The van der Waals surface area contributed by atoms with Gasteiger partial charge in [0.25, 0.3) is 0 Å². The molecule has 0 saturated carbocycles. The molecule has 0 amide bonds. The zero-order chi connectivity index (χ0) is 40.1. The fraction of sp³-hybridized carbons (Fsp3) is 0.860. The maximum atomic E-state index is 12.7. The highest BCUT2D eigenvalue weighted by atomic mass is 32.3. The van der Waals surface area contributed by atoms with E-state index in [0.29, 0.717) is 12.8 Å². The molecular weight excluding hydrogens is 691 g/mol. The summed E-state index contributed by atoms with van der Waals surface area (Å²) in [7, 11) is -3.29. The molecule has 1 unspecified atom stereocenters. The van der Waals surface area contributed by atoms with Crippen LogP contribution in [0, 0.1) is 0 Å². The van der Waals surface area contributed by atoms with Crippen molar-refractivity contribution in [2.45, 2.75) is 226 Å². The van der Waals surface area contributed by atoms with E-state index in [1.165, 1.54) is 116 Å². The Hall–Kier alpha value is -1.75. The van der Waals surface area contributed by atoms with Crippen LogP contribution in [0.4, 0.5) is 0 Å². The van der Waals surface area contributed by atoms with E-state index in [1.54, 1.807) is 20.8 Å². The lowest BCUT2D eigenvalue weighted by Crippen LogP contribution is -2.57. The van der Waals surface area contributed by atoms with Gasteiger partial charge in [-0.1, -0.05) is 141 Å². The molecule has 1 atom stereocenters. The number of allylic oxidation sites excluding steroid dienone is 4. The van der Waals surface area contributed by atoms with E-state index in [0.717, 1.165) is 58.5 Å². The van der Waals surface area contributed by atoms with Crippen LogP contribution in [0.1, 0.15) is 214 Å². The van der Waals surface area contributed by atoms with Crippen LogP contribution < -0.4 is 5.73 Å². The van der Waals surface area contributed by atoms with Crippen LogP contribution in [0.5, 0.6) is 0 Å². The normalized spacial score (nSPS) is 13.2. The van der Waals surface area contributed by atoms with Gasteiger partial charge < -0.3 is 15.2 Å². The SMILES string of the molecule is CCCCCCCCC=CCCCCCCCC(=O)OC(C)(C)C(C)(CN)OC(=O)CCCCCCCC=CCCCCCCCC.COS(=O)(=O)O. The van der Waals surface area contributed by atoms with Crippen molar-refractivity contribution >= 4 is 22.3 Å². The van der Waals surface area contributed by atoms with E-state index in [4.69, 9.17) is 19.8 Å². The van der Waals surface area contributed by atoms with Gasteiger partial charge in [0.15, 0.2) is 5.60 Å². The predicted octanol–water partition coefficient (Wildman–Crippen LogP) is 12.1. The smallest absolute Gasteiger partial charge is 0.397 e. The van der Waals surface area contributed by atoms with Crippen LogP contribution in [0.25, 0.3) is 0 Å². The number of ether oxygens (including phenoxy) is 2. The zero-order valence-corrected chi connectivity index (χ0v) is 35.9. The third-order valence-electron chi connectivity index (χ3n) is 9.87. The molecule has 0 radical (unpaired) electrons. The summed E-state index contributed by atoms with van der Waals surface area (Å²) in [6.07, 6.45) is 41.8. The van der Waals surface area contributed by atoms with E-state index < -0.39 is 21.6 Å². The predicted molar refractivity (Wildman–Crippen MR) is 221 cm³/mol. The molecule has 0 bridgehead atoms. The number of hydrogen-bond donors (Lipinski definition) is 2. The highest BCUT2D eigenvalue weighted by Gasteiger charge is 2.46. The van der Waals surface area contributed by atoms with Gasteiger partial charge >= 0.3 is 22.3 Å². The topological polar surface area (TPSA) is 142 Å². The molecule has 0 saturated heterocycles. The lowest BCUT2D eigenvalue weighted by atomic mass is 9.87. The first-order valence-electron chi connectivity index (χ1n) is 21.2. The van der Waals surface area contributed by atoms with Crippen molar-refractivity contribution in [1.29, 1.82) is 0 Å². The number of carbonyl (C=O) groups is 2. The lowest BCUT2D eigenvalue weighted by Gasteiger charge is -2.41. The van der Waals surface area contributed by atoms with Gasteiger partial charge in [-0.2, -0.15) is 8.42 Å². The fourth-order valence-corrected chi connectivity index (χ4v) is 5.84. The van der Waals surface area contributed by atoms with Gasteiger partial charge in [0.2, 0.25) is 0 Å². The van der Waals surface area contributed by atoms with Crippen LogP contribution in [0.2, 0.25) is 0 Å². The summed E-state index contributed by atoms with van der Waals surface area (Å²) in [5, 5.41) is 0. The number of unbranched alkanes of at least 4 members (excludes halogenated alkanes) is 22. The van der Waals surface area contributed by atoms with Crippen molar-refractivity contribution in [3.8, 4) is 0 Å². The monoisotopic (exact) mass is 774 g/mol. The van der Waals surface area contributed by atoms with E-state index in [2.05, 4.69) is 42.3 Å². The maximum Gasteiger partial charge on any atom is 0.397 e. The molecule has 0 aromatic rings. The Balaban J connectivity index is 0. The van der Waals surface area contributed by atoms with Crippen LogP contribution in [-0.4, -0.2) is 49.8 Å². The molecule has 53 heavy (non-hydrogen) atoms. The van der Waals surface area contributed by atoms with E-state index in [9.17, 15) is 18.0 Å². The summed E-state index contributed by atoms with van der Waals surface area (Å²) in [6, 6.07) is 0. The molecule has 0 aromatic carbocycles.